The average molecular weight is 922 g/mol. The van der Waals surface area contributed by atoms with Crippen molar-refractivity contribution in [3.05, 3.63) is 72.9 Å². The van der Waals surface area contributed by atoms with E-state index in [0.29, 0.717) is 19.4 Å². The third kappa shape index (κ3) is 54.0. The first-order chi connectivity index (χ1) is 32.6. The van der Waals surface area contributed by atoms with Gasteiger partial charge < -0.3 is 14.2 Å². The lowest BCUT2D eigenvalue weighted by molar-refractivity contribution is -0.163. The molecule has 0 aliphatic rings. The zero-order valence-electron chi connectivity index (χ0n) is 44.0. The Morgan fingerprint density at radius 2 is 0.636 bits per heavy atom. The van der Waals surface area contributed by atoms with Gasteiger partial charge in [0.25, 0.3) is 0 Å². The molecule has 0 bridgehead atoms. The third-order valence-electron chi connectivity index (χ3n) is 12.2. The Hall–Kier alpha value is -2.66. The maximum Gasteiger partial charge on any atom is 0.306 e. The van der Waals surface area contributed by atoms with Gasteiger partial charge in [0.05, 0.1) is 6.61 Å². The normalized spacial score (nSPS) is 12.7. The molecule has 0 amide bonds. The van der Waals surface area contributed by atoms with Gasteiger partial charge in [-0.3, -0.25) is 9.59 Å². The predicted octanol–water partition coefficient (Wildman–Crippen LogP) is 19.5. The average Bonchev–Trinajstić information content (AvgIpc) is 3.32. The highest BCUT2D eigenvalue weighted by Gasteiger charge is 2.17. The topological polar surface area (TPSA) is 61.8 Å². The van der Waals surface area contributed by atoms with E-state index in [-0.39, 0.29) is 25.2 Å². The van der Waals surface area contributed by atoms with Gasteiger partial charge in [0.2, 0.25) is 0 Å². The summed E-state index contributed by atoms with van der Waals surface area (Å²) in [4.78, 5) is 25.5. The number of hydrogen-bond donors (Lipinski definition) is 0. The second-order valence-corrected chi connectivity index (χ2v) is 18.8. The fraction of sp³-hybridized carbons (Fsp3) is 0.770. The van der Waals surface area contributed by atoms with Crippen molar-refractivity contribution in [2.45, 2.75) is 284 Å². The summed E-state index contributed by atoms with van der Waals surface area (Å²) in [6.07, 6.45) is 73.4. The summed E-state index contributed by atoms with van der Waals surface area (Å²) in [5, 5.41) is 0. The summed E-state index contributed by atoms with van der Waals surface area (Å²) >= 11 is 0. The van der Waals surface area contributed by atoms with E-state index in [0.717, 1.165) is 83.5 Å². The first kappa shape index (κ1) is 63.3. The molecule has 0 N–H and O–H groups in total. The van der Waals surface area contributed by atoms with Gasteiger partial charge >= 0.3 is 11.9 Å². The number of hydrogen-bond acceptors (Lipinski definition) is 5. The van der Waals surface area contributed by atoms with E-state index >= 15 is 0 Å². The minimum absolute atomic E-state index is 0.0691. The maximum absolute atomic E-state index is 12.8. The van der Waals surface area contributed by atoms with Crippen molar-refractivity contribution in [1.82, 2.24) is 0 Å². The largest absolute Gasteiger partial charge is 0.462 e. The Bertz CT molecular complexity index is 1180. The number of esters is 2. The molecule has 0 saturated carbocycles. The second-order valence-electron chi connectivity index (χ2n) is 18.8. The zero-order valence-corrected chi connectivity index (χ0v) is 44.0. The van der Waals surface area contributed by atoms with E-state index in [4.69, 9.17) is 14.2 Å². The molecule has 382 valence electrons. The Morgan fingerprint density at radius 3 is 1.06 bits per heavy atom. The fourth-order valence-electron chi connectivity index (χ4n) is 7.89. The lowest BCUT2D eigenvalue weighted by Gasteiger charge is -2.18. The SMILES string of the molecule is CCCCC/C=C\C/C=C\C/C=C\CCCCCCCCC(=O)OCC(COCCCCCCCC/C=C\CCCCCCCC)OC(=O)CCCCCCC/C=C\C/C=C\CCCCC. The molecule has 66 heavy (non-hydrogen) atoms. The number of carbonyl (C=O) groups excluding carboxylic acids is 2. The first-order valence-electron chi connectivity index (χ1n) is 28.5. The van der Waals surface area contributed by atoms with Crippen LogP contribution in [0.15, 0.2) is 72.9 Å². The Balaban J connectivity index is 4.32. The molecule has 5 heteroatoms. The van der Waals surface area contributed by atoms with E-state index in [1.807, 2.05) is 0 Å². The Kier molecular flexibility index (Phi) is 54.4. The molecule has 0 radical (unpaired) electrons. The number of allylic oxidation sites excluding steroid dienone is 12. The van der Waals surface area contributed by atoms with Crippen LogP contribution in [-0.4, -0.2) is 37.9 Å². The third-order valence-corrected chi connectivity index (χ3v) is 12.2. The highest BCUT2D eigenvalue weighted by atomic mass is 16.6. The van der Waals surface area contributed by atoms with Crippen LogP contribution in [0.5, 0.6) is 0 Å². The zero-order chi connectivity index (χ0) is 47.7. The van der Waals surface area contributed by atoms with Gasteiger partial charge in [-0.25, -0.2) is 0 Å². The van der Waals surface area contributed by atoms with Crippen LogP contribution in [0.3, 0.4) is 0 Å². The van der Waals surface area contributed by atoms with Crippen LogP contribution in [0.2, 0.25) is 0 Å². The van der Waals surface area contributed by atoms with Crippen LogP contribution in [0.1, 0.15) is 278 Å². The minimum atomic E-state index is -0.555. The van der Waals surface area contributed by atoms with Crippen molar-refractivity contribution < 1.29 is 23.8 Å². The molecule has 1 unspecified atom stereocenters. The molecule has 0 aromatic carbocycles. The van der Waals surface area contributed by atoms with Gasteiger partial charge in [-0.2, -0.15) is 0 Å². The number of unbranched alkanes of at least 4 members (excludes halogenated alkanes) is 29. The van der Waals surface area contributed by atoms with E-state index in [9.17, 15) is 9.59 Å². The van der Waals surface area contributed by atoms with Gasteiger partial charge in [0.1, 0.15) is 6.61 Å². The van der Waals surface area contributed by atoms with Crippen molar-refractivity contribution in [3.63, 3.8) is 0 Å². The number of ether oxygens (including phenoxy) is 3. The van der Waals surface area contributed by atoms with Crippen LogP contribution in [0.4, 0.5) is 0 Å². The quantitative estimate of drug-likeness (QED) is 0.0346. The van der Waals surface area contributed by atoms with E-state index in [2.05, 4.69) is 93.7 Å². The summed E-state index contributed by atoms with van der Waals surface area (Å²) in [7, 11) is 0. The summed E-state index contributed by atoms with van der Waals surface area (Å²) < 4.78 is 17.4. The first-order valence-corrected chi connectivity index (χ1v) is 28.5. The Morgan fingerprint density at radius 1 is 0.333 bits per heavy atom. The van der Waals surface area contributed by atoms with Crippen LogP contribution in [0, 0.1) is 0 Å². The monoisotopic (exact) mass is 921 g/mol. The smallest absolute Gasteiger partial charge is 0.306 e. The Labute approximate surface area is 410 Å². The van der Waals surface area contributed by atoms with Crippen molar-refractivity contribution in [1.29, 1.82) is 0 Å². The van der Waals surface area contributed by atoms with Crippen LogP contribution in [0.25, 0.3) is 0 Å². The minimum Gasteiger partial charge on any atom is -0.462 e. The van der Waals surface area contributed by atoms with Gasteiger partial charge in [-0.15, -0.1) is 0 Å². The summed E-state index contributed by atoms with van der Waals surface area (Å²) in [5.74, 6) is -0.424. The van der Waals surface area contributed by atoms with Gasteiger partial charge in [0, 0.05) is 19.4 Å². The summed E-state index contributed by atoms with van der Waals surface area (Å²) in [5.41, 5.74) is 0. The molecule has 0 saturated heterocycles. The lowest BCUT2D eigenvalue weighted by Crippen LogP contribution is -2.30. The molecule has 5 nitrogen and oxygen atoms in total. The molecule has 0 heterocycles. The number of rotatable bonds is 52. The van der Waals surface area contributed by atoms with E-state index in [1.165, 1.54) is 161 Å². The molecule has 0 aliphatic carbocycles. The molecule has 0 rings (SSSR count). The molecule has 1 atom stereocenters. The van der Waals surface area contributed by atoms with E-state index in [1.54, 1.807) is 0 Å². The van der Waals surface area contributed by atoms with Crippen molar-refractivity contribution in [2.75, 3.05) is 19.8 Å². The molecule has 0 aromatic rings. The van der Waals surface area contributed by atoms with Crippen LogP contribution >= 0.6 is 0 Å². The summed E-state index contributed by atoms with van der Waals surface area (Å²) in [6.45, 7) is 7.75. The van der Waals surface area contributed by atoms with Crippen LogP contribution in [-0.2, 0) is 23.8 Å². The molecular formula is C61H108O5. The predicted molar refractivity (Wildman–Crippen MR) is 288 cm³/mol. The molecule has 0 fully saturated rings. The van der Waals surface area contributed by atoms with Gasteiger partial charge in [0.15, 0.2) is 6.10 Å². The van der Waals surface area contributed by atoms with E-state index < -0.39 is 6.10 Å². The summed E-state index contributed by atoms with van der Waals surface area (Å²) in [6, 6.07) is 0. The fourth-order valence-corrected chi connectivity index (χ4v) is 7.89. The standard InChI is InChI=1S/C61H108O5/c1-4-7-10-13-16-19-22-25-28-30-31-32-34-36-39-42-45-48-51-54-60(62)65-58-59(57-64-56-53-50-47-44-41-38-35-29-26-23-20-17-14-11-8-5-2)66-61(63)55-52-49-46-43-40-37-33-27-24-21-18-15-12-9-6-3/h16,18-19,21,25-29,31-33,59H,4-15,17,20,22-24,30,34-58H2,1-3H3/b19-16-,21-18-,28-25-,29-26-,32-31-,33-27-. The molecular weight excluding hydrogens is 813 g/mol. The van der Waals surface area contributed by atoms with Gasteiger partial charge in [-0.05, 0) is 116 Å². The van der Waals surface area contributed by atoms with Crippen molar-refractivity contribution >= 4 is 11.9 Å². The molecule has 0 spiro atoms. The second kappa shape index (κ2) is 56.7. The number of carbonyl (C=O) groups is 2. The van der Waals surface area contributed by atoms with Crippen molar-refractivity contribution in [3.8, 4) is 0 Å². The van der Waals surface area contributed by atoms with Crippen molar-refractivity contribution in [2.24, 2.45) is 0 Å². The maximum atomic E-state index is 12.8. The highest BCUT2D eigenvalue weighted by molar-refractivity contribution is 5.70. The molecule has 0 aromatic heterocycles. The molecule has 0 aliphatic heterocycles. The lowest BCUT2D eigenvalue weighted by atomic mass is 10.1. The van der Waals surface area contributed by atoms with Crippen LogP contribution < -0.4 is 0 Å². The highest BCUT2D eigenvalue weighted by Crippen LogP contribution is 2.14. The van der Waals surface area contributed by atoms with Gasteiger partial charge in [-0.1, -0.05) is 222 Å².